The van der Waals surface area contributed by atoms with Crippen molar-refractivity contribution in [2.24, 2.45) is 0 Å². The molecular formula is C19H14N6O2. The van der Waals surface area contributed by atoms with E-state index >= 15 is 0 Å². The van der Waals surface area contributed by atoms with Crippen LogP contribution in [0.3, 0.4) is 0 Å². The minimum atomic E-state index is 0.231. The van der Waals surface area contributed by atoms with Crippen LogP contribution in [0.2, 0.25) is 0 Å². The lowest BCUT2D eigenvalue weighted by Gasteiger charge is -2.09. The third-order valence-electron chi connectivity index (χ3n) is 4.08. The van der Waals surface area contributed by atoms with E-state index in [0.29, 0.717) is 17.5 Å². The lowest BCUT2D eigenvalue weighted by atomic mass is 10.2. The summed E-state index contributed by atoms with van der Waals surface area (Å²) in [6.45, 7) is 0.231. The first-order valence-corrected chi connectivity index (χ1v) is 8.32. The Labute approximate surface area is 154 Å². The van der Waals surface area contributed by atoms with Gasteiger partial charge in [-0.05, 0) is 24.3 Å². The molecule has 0 unspecified atom stereocenters. The van der Waals surface area contributed by atoms with Crippen molar-refractivity contribution in [3.8, 4) is 11.5 Å². The number of hydrogen-bond donors (Lipinski definition) is 2. The molecule has 2 N–H and O–H groups in total. The zero-order valence-corrected chi connectivity index (χ0v) is 14.1. The van der Waals surface area contributed by atoms with E-state index in [1.807, 2.05) is 48.5 Å². The average molecular weight is 358 g/mol. The van der Waals surface area contributed by atoms with Gasteiger partial charge in [0.15, 0.2) is 17.3 Å². The van der Waals surface area contributed by atoms with Crippen molar-refractivity contribution >= 4 is 34.0 Å². The van der Waals surface area contributed by atoms with E-state index in [1.165, 1.54) is 0 Å². The van der Waals surface area contributed by atoms with Crippen molar-refractivity contribution in [3.05, 3.63) is 60.9 Å². The molecule has 0 saturated carbocycles. The largest absolute Gasteiger partial charge is 0.454 e. The number of aromatic nitrogens is 4. The predicted octanol–water partition coefficient (Wildman–Crippen LogP) is 3.64. The van der Waals surface area contributed by atoms with Gasteiger partial charge in [-0.25, -0.2) is 0 Å². The summed E-state index contributed by atoms with van der Waals surface area (Å²) in [5.74, 6) is 2.33. The SMILES string of the molecule is c1cnc2c(Nc3cnnc(Nc4ccc5c(c4)OCO5)n3)cccc2c1. The monoisotopic (exact) mass is 358 g/mol. The van der Waals surface area contributed by atoms with E-state index < -0.39 is 0 Å². The molecule has 0 saturated heterocycles. The standard InChI is InChI=1S/C19H14N6O2/c1-3-12-4-2-8-20-18(12)14(5-1)23-17-10-21-25-19(24-17)22-13-6-7-15-16(9-13)27-11-26-15/h1-10H,11H2,(H2,22,23,24,25). The minimum Gasteiger partial charge on any atom is -0.454 e. The average Bonchev–Trinajstić information content (AvgIpc) is 3.16. The molecule has 27 heavy (non-hydrogen) atoms. The molecule has 1 aliphatic rings. The number of hydrogen-bond acceptors (Lipinski definition) is 8. The third-order valence-corrected chi connectivity index (χ3v) is 4.08. The number of anilines is 4. The van der Waals surface area contributed by atoms with Crippen molar-refractivity contribution in [1.29, 1.82) is 0 Å². The molecule has 0 atom stereocenters. The Bertz CT molecular complexity index is 1130. The molecule has 0 spiro atoms. The van der Waals surface area contributed by atoms with Crippen LogP contribution in [0, 0.1) is 0 Å². The molecular weight excluding hydrogens is 344 g/mol. The van der Waals surface area contributed by atoms with Gasteiger partial charge in [-0.15, -0.1) is 5.10 Å². The van der Waals surface area contributed by atoms with Crippen molar-refractivity contribution in [2.45, 2.75) is 0 Å². The first-order chi connectivity index (χ1) is 13.3. The van der Waals surface area contributed by atoms with E-state index in [2.05, 4.69) is 30.8 Å². The Morgan fingerprint density at radius 1 is 0.926 bits per heavy atom. The minimum absolute atomic E-state index is 0.231. The zero-order chi connectivity index (χ0) is 18.1. The zero-order valence-electron chi connectivity index (χ0n) is 14.1. The second-order valence-corrected chi connectivity index (χ2v) is 5.86. The van der Waals surface area contributed by atoms with Crippen molar-refractivity contribution in [2.75, 3.05) is 17.4 Å². The lowest BCUT2D eigenvalue weighted by Crippen LogP contribution is -2.02. The molecule has 5 rings (SSSR count). The fourth-order valence-electron chi connectivity index (χ4n) is 2.86. The third kappa shape index (κ3) is 3.04. The Kier molecular flexibility index (Phi) is 3.64. The number of nitrogens with one attached hydrogen (secondary N) is 2. The molecule has 0 aliphatic carbocycles. The summed E-state index contributed by atoms with van der Waals surface area (Å²) in [5, 5.41) is 15.5. The second-order valence-electron chi connectivity index (χ2n) is 5.86. The quantitative estimate of drug-likeness (QED) is 0.571. The van der Waals surface area contributed by atoms with Crippen molar-refractivity contribution in [1.82, 2.24) is 20.2 Å². The highest BCUT2D eigenvalue weighted by molar-refractivity contribution is 5.91. The van der Waals surface area contributed by atoms with Crippen LogP contribution in [0.4, 0.5) is 23.1 Å². The number of nitrogens with zero attached hydrogens (tertiary/aromatic N) is 4. The number of fused-ring (bicyclic) bond motifs is 2. The molecule has 8 nitrogen and oxygen atoms in total. The molecule has 1 aliphatic heterocycles. The highest BCUT2D eigenvalue weighted by atomic mass is 16.7. The van der Waals surface area contributed by atoms with Crippen molar-refractivity contribution < 1.29 is 9.47 Å². The van der Waals surface area contributed by atoms with Crippen LogP contribution in [0.15, 0.2) is 60.9 Å². The van der Waals surface area contributed by atoms with Crippen LogP contribution in [0.5, 0.6) is 11.5 Å². The first kappa shape index (κ1) is 15.3. The number of ether oxygens (including phenoxy) is 2. The first-order valence-electron chi connectivity index (χ1n) is 8.32. The molecule has 0 fully saturated rings. The second kappa shape index (κ2) is 6.41. The van der Waals surface area contributed by atoms with Gasteiger partial charge in [-0.3, -0.25) is 4.98 Å². The maximum atomic E-state index is 5.38. The summed E-state index contributed by atoms with van der Waals surface area (Å²) in [5.41, 5.74) is 2.50. The van der Waals surface area contributed by atoms with E-state index in [0.717, 1.165) is 28.0 Å². The summed E-state index contributed by atoms with van der Waals surface area (Å²) in [4.78, 5) is 8.90. The van der Waals surface area contributed by atoms with Gasteiger partial charge >= 0.3 is 0 Å². The lowest BCUT2D eigenvalue weighted by molar-refractivity contribution is 0.174. The highest BCUT2D eigenvalue weighted by Crippen LogP contribution is 2.34. The maximum absolute atomic E-state index is 5.38. The highest BCUT2D eigenvalue weighted by Gasteiger charge is 2.14. The Morgan fingerprint density at radius 3 is 2.85 bits per heavy atom. The van der Waals surface area contributed by atoms with Gasteiger partial charge in [0.1, 0.15) is 0 Å². The Balaban J connectivity index is 1.40. The van der Waals surface area contributed by atoms with Gasteiger partial charge in [0.05, 0.1) is 17.4 Å². The topological polar surface area (TPSA) is 94.1 Å². The van der Waals surface area contributed by atoms with E-state index in [4.69, 9.17) is 9.47 Å². The number of para-hydroxylation sites is 1. The van der Waals surface area contributed by atoms with Gasteiger partial charge in [-0.1, -0.05) is 18.2 Å². The van der Waals surface area contributed by atoms with Crippen molar-refractivity contribution in [3.63, 3.8) is 0 Å². The summed E-state index contributed by atoms with van der Waals surface area (Å²) in [6.07, 6.45) is 3.32. The van der Waals surface area contributed by atoms with E-state index in [1.54, 1.807) is 12.4 Å². The van der Waals surface area contributed by atoms with E-state index in [9.17, 15) is 0 Å². The van der Waals surface area contributed by atoms with Gasteiger partial charge in [0.2, 0.25) is 12.7 Å². The maximum Gasteiger partial charge on any atom is 0.249 e. The number of pyridine rings is 1. The fraction of sp³-hybridized carbons (Fsp3) is 0.0526. The molecule has 4 aromatic rings. The van der Waals surface area contributed by atoms with Crippen LogP contribution in [0.1, 0.15) is 0 Å². The summed E-state index contributed by atoms with van der Waals surface area (Å²) < 4.78 is 10.7. The van der Waals surface area contributed by atoms with Crippen LogP contribution < -0.4 is 20.1 Å². The van der Waals surface area contributed by atoms with Gasteiger partial charge in [0, 0.05) is 23.3 Å². The molecule has 2 aromatic carbocycles. The molecule has 132 valence electrons. The van der Waals surface area contributed by atoms with Gasteiger partial charge in [0.25, 0.3) is 0 Å². The summed E-state index contributed by atoms with van der Waals surface area (Å²) in [7, 11) is 0. The molecule has 3 heterocycles. The summed E-state index contributed by atoms with van der Waals surface area (Å²) in [6, 6.07) is 15.4. The smallest absolute Gasteiger partial charge is 0.249 e. The molecule has 2 aromatic heterocycles. The van der Waals surface area contributed by atoms with Crippen LogP contribution in [-0.2, 0) is 0 Å². The van der Waals surface area contributed by atoms with Crippen LogP contribution in [0.25, 0.3) is 10.9 Å². The summed E-state index contributed by atoms with van der Waals surface area (Å²) >= 11 is 0. The molecule has 8 heteroatoms. The van der Waals surface area contributed by atoms with Gasteiger partial charge < -0.3 is 20.1 Å². The van der Waals surface area contributed by atoms with Crippen LogP contribution >= 0.6 is 0 Å². The molecule has 0 radical (unpaired) electrons. The number of benzene rings is 2. The fourth-order valence-corrected chi connectivity index (χ4v) is 2.86. The normalized spacial score (nSPS) is 12.1. The predicted molar refractivity (Wildman–Crippen MR) is 101 cm³/mol. The van der Waals surface area contributed by atoms with E-state index in [-0.39, 0.29) is 6.79 Å². The Morgan fingerprint density at radius 2 is 1.85 bits per heavy atom. The molecule has 0 amide bonds. The van der Waals surface area contributed by atoms with Crippen LogP contribution in [-0.4, -0.2) is 27.0 Å². The Hall–Kier alpha value is -3.94. The number of rotatable bonds is 4. The molecule has 0 bridgehead atoms. The van der Waals surface area contributed by atoms with Gasteiger partial charge in [-0.2, -0.15) is 10.1 Å².